The number of halogens is 1. The molecule has 0 bridgehead atoms. The number of benzene rings is 1. The molecule has 6 nitrogen and oxygen atoms in total. The Bertz CT molecular complexity index is 768. The second-order valence-corrected chi connectivity index (χ2v) is 9.13. The summed E-state index contributed by atoms with van der Waals surface area (Å²) in [5.41, 5.74) is -0.443. The Labute approximate surface area is 177 Å². The lowest BCUT2D eigenvalue weighted by Gasteiger charge is -2.43. The maximum Gasteiger partial charge on any atom is 0.252 e. The molecule has 2 saturated carbocycles. The predicted molar refractivity (Wildman–Crippen MR) is 108 cm³/mol. The maximum atomic E-state index is 13.6. The average Bonchev–Trinajstić information content (AvgIpc) is 3.46. The smallest absolute Gasteiger partial charge is 0.252 e. The molecular weight excluding hydrogens is 389 g/mol. The second kappa shape index (κ2) is 8.54. The fourth-order valence-corrected chi connectivity index (χ4v) is 4.42. The highest BCUT2D eigenvalue weighted by Gasteiger charge is 2.58. The molecule has 30 heavy (non-hydrogen) atoms. The topological polar surface area (TPSA) is 66.0 Å². The first-order valence-corrected chi connectivity index (χ1v) is 10.9. The van der Waals surface area contributed by atoms with Crippen molar-refractivity contribution in [2.45, 2.75) is 82.8 Å². The van der Waals surface area contributed by atoms with Gasteiger partial charge in [-0.2, -0.15) is 0 Å². The molecule has 0 spiro atoms. The van der Waals surface area contributed by atoms with Crippen molar-refractivity contribution in [3.63, 3.8) is 0 Å². The fraction of sp³-hybridized carbons (Fsp3) is 0.696. The summed E-state index contributed by atoms with van der Waals surface area (Å²) in [5, 5.41) is 2.91. The van der Waals surface area contributed by atoms with Gasteiger partial charge in [0.25, 0.3) is 5.91 Å². The van der Waals surface area contributed by atoms with Crippen LogP contribution in [0.5, 0.6) is 0 Å². The Kier molecular flexibility index (Phi) is 6.17. The average molecular weight is 422 g/mol. The van der Waals surface area contributed by atoms with E-state index in [1.165, 1.54) is 25.0 Å². The number of likely N-dealkylation sites (N-methyl/N-ethyl adjacent to an activating group) is 1. The van der Waals surface area contributed by atoms with Gasteiger partial charge in [-0.15, -0.1) is 0 Å². The van der Waals surface area contributed by atoms with Gasteiger partial charge in [0.2, 0.25) is 0 Å². The van der Waals surface area contributed by atoms with Gasteiger partial charge < -0.3 is 24.3 Å². The van der Waals surface area contributed by atoms with Gasteiger partial charge in [0.15, 0.2) is 11.4 Å². The number of nitrogens with one attached hydrogen (secondary N) is 1. The third-order valence-corrected chi connectivity index (χ3v) is 6.05. The zero-order valence-electron chi connectivity index (χ0n) is 18.0. The van der Waals surface area contributed by atoms with E-state index in [0.717, 1.165) is 0 Å². The van der Waals surface area contributed by atoms with Crippen LogP contribution in [0.3, 0.4) is 0 Å². The normalized spacial score (nSPS) is 32.6. The number of carbonyl (C=O) groups excluding carboxylic acids is 1. The van der Waals surface area contributed by atoms with Crippen LogP contribution in [0, 0.1) is 11.7 Å². The van der Waals surface area contributed by atoms with Gasteiger partial charge in [0.05, 0.1) is 18.8 Å². The molecule has 0 unspecified atom stereocenters. The molecule has 2 aliphatic carbocycles. The lowest BCUT2D eigenvalue weighted by Crippen LogP contribution is -2.60. The van der Waals surface area contributed by atoms with E-state index in [-0.39, 0.29) is 36.6 Å². The van der Waals surface area contributed by atoms with Crippen LogP contribution < -0.4 is 5.32 Å². The molecule has 0 radical (unpaired) electrons. The van der Waals surface area contributed by atoms with Crippen molar-refractivity contribution in [1.82, 2.24) is 5.32 Å². The molecule has 1 heterocycles. The van der Waals surface area contributed by atoms with E-state index in [0.29, 0.717) is 37.5 Å². The lowest BCUT2D eigenvalue weighted by atomic mass is 9.78. The van der Waals surface area contributed by atoms with Crippen molar-refractivity contribution < 1.29 is 28.1 Å². The van der Waals surface area contributed by atoms with Gasteiger partial charge in [0.1, 0.15) is 11.9 Å². The number of hydrogen-bond donors (Lipinski definition) is 1. The first-order chi connectivity index (χ1) is 14.3. The van der Waals surface area contributed by atoms with E-state index in [2.05, 4.69) is 5.32 Å². The van der Waals surface area contributed by atoms with Gasteiger partial charge >= 0.3 is 0 Å². The van der Waals surface area contributed by atoms with E-state index >= 15 is 0 Å². The summed E-state index contributed by atoms with van der Waals surface area (Å²) >= 11 is 0. The molecule has 1 N–H and O–H groups in total. The third-order valence-electron chi connectivity index (χ3n) is 6.05. The zero-order valence-corrected chi connectivity index (χ0v) is 18.0. The lowest BCUT2D eigenvalue weighted by molar-refractivity contribution is -0.182. The van der Waals surface area contributed by atoms with Crippen LogP contribution in [0.25, 0.3) is 0 Å². The highest BCUT2D eigenvalue weighted by Crippen LogP contribution is 2.44. The van der Waals surface area contributed by atoms with E-state index in [1.807, 2.05) is 20.8 Å². The van der Waals surface area contributed by atoms with Gasteiger partial charge in [-0.3, -0.25) is 4.79 Å². The molecule has 166 valence electrons. The number of rotatable bonds is 8. The minimum absolute atomic E-state index is 0.131. The predicted octanol–water partition coefficient (Wildman–Crippen LogP) is 3.33. The van der Waals surface area contributed by atoms with Crippen molar-refractivity contribution in [2.75, 3.05) is 13.2 Å². The standard InChI is InChI=1S/C23H32FNO5/c1-4-25-21(26)23(28-14-16-6-5-7-17(24)10-16)11-18(27-13-15-8-9-15)20-19(12-23)29-22(2,3)30-20/h5-7,10,15,18-20H,4,8-9,11-14H2,1-3H3,(H,25,26)/t18-,19+,20-,23+/m0/s1. The van der Waals surface area contributed by atoms with Crippen LogP contribution in [-0.4, -0.2) is 48.8 Å². The molecule has 1 aromatic rings. The van der Waals surface area contributed by atoms with Crippen LogP contribution in [-0.2, 0) is 30.3 Å². The molecule has 1 saturated heterocycles. The summed E-state index contributed by atoms with van der Waals surface area (Å²) in [7, 11) is 0. The van der Waals surface area contributed by atoms with Crippen molar-refractivity contribution in [2.24, 2.45) is 5.92 Å². The first kappa shape index (κ1) is 21.7. The molecule has 1 aliphatic heterocycles. The summed E-state index contributed by atoms with van der Waals surface area (Å²) < 4.78 is 38.4. The zero-order chi connectivity index (χ0) is 21.4. The molecule has 1 aromatic carbocycles. The summed E-state index contributed by atoms with van der Waals surface area (Å²) in [6.07, 6.45) is 2.25. The highest BCUT2D eigenvalue weighted by molar-refractivity contribution is 5.85. The van der Waals surface area contributed by atoms with Crippen LogP contribution in [0.4, 0.5) is 4.39 Å². The second-order valence-electron chi connectivity index (χ2n) is 9.13. The fourth-order valence-electron chi connectivity index (χ4n) is 4.42. The molecule has 7 heteroatoms. The van der Waals surface area contributed by atoms with E-state index in [1.54, 1.807) is 12.1 Å². The van der Waals surface area contributed by atoms with E-state index in [9.17, 15) is 9.18 Å². The van der Waals surface area contributed by atoms with Crippen LogP contribution in [0.1, 0.15) is 52.0 Å². The largest absolute Gasteiger partial charge is 0.375 e. The van der Waals surface area contributed by atoms with Crippen molar-refractivity contribution >= 4 is 5.91 Å². The monoisotopic (exact) mass is 421 g/mol. The number of ether oxygens (including phenoxy) is 4. The SMILES string of the molecule is CCNC(=O)[C@@]1(OCc2cccc(F)c2)C[C@H](OCC2CC2)[C@@H]2OC(C)(C)O[C@@H]2C1. The quantitative estimate of drug-likeness (QED) is 0.698. The Hall–Kier alpha value is -1.54. The van der Waals surface area contributed by atoms with E-state index < -0.39 is 11.4 Å². The molecule has 4 atom stereocenters. The molecule has 4 rings (SSSR count). The van der Waals surface area contributed by atoms with Crippen LogP contribution in [0.2, 0.25) is 0 Å². The number of fused-ring (bicyclic) bond motifs is 1. The van der Waals surface area contributed by atoms with Crippen molar-refractivity contribution in [3.8, 4) is 0 Å². The Morgan fingerprint density at radius 3 is 2.77 bits per heavy atom. The first-order valence-electron chi connectivity index (χ1n) is 10.9. The minimum Gasteiger partial charge on any atom is -0.375 e. The van der Waals surface area contributed by atoms with Crippen LogP contribution >= 0.6 is 0 Å². The van der Waals surface area contributed by atoms with Crippen molar-refractivity contribution in [3.05, 3.63) is 35.6 Å². The third kappa shape index (κ3) is 4.85. The van der Waals surface area contributed by atoms with Gasteiger partial charge in [-0.25, -0.2) is 4.39 Å². The summed E-state index contributed by atoms with van der Waals surface area (Å²) in [6, 6.07) is 6.25. The minimum atomic E-state index is -1.12. The molecule has 0 aromatic heterocycles. The molecule has 1 amide bonds. The highest BCUT2D eigenvalue weighted by atomic mass is 19.1. The Morgan fingerprint density at radius 2 is 2.07 bits per heavy atom. The Balaban J connectivity index is 1.57. The van der Waals surface area contributed by atoms with E-state index in [4.69, 9.17) is 18.9 Å². The van der Waals surface area contributed by atoms with Gasteiger partial charge in [0, 0.05) is 26.0 Å². The van der Waals surface area contributed by atoms with Gasteiger partial charge in [-0.1, -0.05) is 12.1 Å². The summed E-state index contributed by atoms with van der Waals surface area (Å²) in [6.45, 7) is 6.92. The molecular formula is C23H32FNO5. The Morgan fingerprint density at radius 1 is 1.27 bits per heavy atom. The number of carbonyl (C=O) groups is 1. The number of hydrogen-bond acceptors (Lipinski definition) is 5. The maximum absolute atomic E-state index is 13.6. The molecule has 3 aliphatic rings. The summed E-state index contributed by atoms with van der Waals surface area (Å²) in [5.74, 6) is -0.663. The van der Waals surface area contributed by atoms with Gasteiger partial charge in [-0.05, 0) is 57.2 Å². The van der Waals surface area contributed by atoms with Crippen molar-refractivity contribution in [1.29, 1.82) is 0 Å². The summed E-state index contributed by atoms with van der Waals surface area (Å²) in [4.78, 5) is 13.2. The molecule has 3 fully saturated rings. The van der Waals surface area contributed by atoms with Crippen LogP contribution in [0.15, 0.2) is 24.3 Å². The number of amides is 1.